The summed E-state index contributed by atoms with van der Waals surface area (Å²) in [6.07, 6.45) is 0. The number of aryl methyl sites for hydroxylation is 1. The van der Waals surface area contributed by atoms with Crippen LogP contribution in [0.3, 0.4) is 0 Å². The van der Waals surface area contributed by atoms with E-state index in [1.165, 1.54) is 0 Å². The van der Waals surface area contributed by atoms with E-state index in [0.29, 0.717) is 0 Å². The number of nitrogens with zero attached hydrogens (tertiary/aromatic N) is 1. The third-order valence-electron chi connectivity index (χ3n) is 1.40. The van der Waals surface area contributed by atoms with Gasteiger partial charge in [0.1, 0.15) is 0 Å². The highest BCUT2D eigenvalue weighted by Crippen LogP contribution is 2.26. The van der Waals surface area contributed by atoms with Crippen LogP contribution >= 0.6 is 22.6 Å². The minimum Gasteiger partial charge on any atom is -0.435 e. The van der Waals surface area contributed by atoms with Gasteiger partial charge in [0.05, 0.1) is 5.69 Å². The highest BCUT2D eigenvalue weighted by molar-refractivity contribution is 14.1. The van der Waals surface area contributed by atoms with Crippen LogP contribution in [0.2, 0.25) is 0 Å². The Labute approximate surface area is 80.5 Å². The smallest absolute Gasteiger partial charge is 0.192 e. The van der Waals surface area contributed by atoms with Gasteiger partial charge in [0.25, 0.3) is 0 Å². The molecule has 0 aliphatic heterocycles. The lowest BCUT2D eigenvalue weighted by Crippen LogP contribution is -2.13. The number of hydrogen-bond acceptors (Lipinski definition) is 2. The largest absolute Gasteiger partial charge is 0.435 e. The first-order valence-electron chi connectivity index (χ1n) is 3.54. The molecule has 0 spiro atoms. The van der Waals surface area contributed by atoms with E-state index >= 15 is 0 Å². The lowest BCUT2D eigenvalue weighted by atomic mass is 9.93. The summed E-state index contributed by atoms with van der Waals surface area (Å²) in [7, 11) is 0. The summed E-state index contributed by atoms with van der Waals surface area (Å²) in [6.45, 7) is 8.27. The number of aromatic nitrogens is 1. The van der Waals surface area contributed by atoms with Crippen molar-refractivity contribution in [1.29, 1.82) is 0 Å². The summed E-state index contributed by atoms with van der Waals surface area (Å²) in [4.78, 5) is 4.31. The Balaban J connectivity index is 3.13. The predicted octanol–water partition coefficient (Wildman–Crippen LogP) is 2.89. The van der Waals surface area contributed by atoms with Crippen LogP contribution in [0, 0.1) is 10.7 Å². The molecule has 0 amide bonds. The van der Waals surface area contributed by atoms with E-state index in [1.54, 1.807) is 0 Å². The van der Waals surface area contributed by atoms with Crippen LogP contribution in [-0.4, -0.2) is 4.98 Å². The third-order valence-corrected chi connectivity index (χ3v) is 2.13. The number of hydrogen-bond donors (Lipinski definition) is 0. The Morgan fingerprint density at radius 3 is 2.09 bits per heavy atom. The van der Waals surface area contributed by atoms with Gasteiger partial charge in [-0.15, -0.1) is 0 Å². The molecule has 1 aromatic rings. The third kappa shape index (κ3) is 1.95. The van der Waals surface area contributed by atoms with Crippen molar-refractivity contribution < 1.29 is 4.42 Å². The molecule has 1 heterocycles. The van der Waals surface area contributed by atoms with E-state index in [9.17, 15) is 0 Å². The van der Waals surface area contributed by atoms with Crippen LogP contribution in [0.4, 0.5) is 0 Å². The summed E-state index contributed by atoms with van der Waals surface area (Å²) in [6, 6.07) is 0. The summed E-state index contributed by atoms with van der Waals surface area (Å²) in [5.74, 6) is 0.749. The first-order chi connectivity index (χ1) is 4.91. The normalized spacial score (nSPS) is 12.1. The molecule has 0 atom stereocenters. The van der Waals surface area contributed by atoms with Gasteiger partial charge in [-0.05, 0) is 0 Å². The van der Waals surface area contributed by atoms with Gasteiger partial charge in [-0.2, -0.15) is 0 Å². The molecule has 0 saturated carbocycles. The maximum absolute atomic E-state index is 5.32. The molecule has 0 radical (unpaired) electrons. The highest BCUT2D eigenvalue weighted by Gasteiger charge is 2.21. The maximum Gasteiger partial charge on any atom is 0.192 e. The average Bonchev–Trinajstić information content (AvgIpc) is 2.08. The zero-order valence-electron chi connectivity index (χ0n) is 7.23. The highest BCUT2D eigenvalue weighted by atomic mass is 127. The fraction of sp³-hybridized carbons (Fsp3) is 0.625. The Kier molecular flexibility index (Phi) is 2.27. The molecule has 11 heavy (non-hydrogen) atoms. The van der Waals surface area contributed by atoms with E-state index in [4.69, 9.17) is 4.42 Å². The molecular formula is C8H12INO. The topological polar surface area (TPSA) is 26.0 Å². The molecule has 0 fully saturated rings. The van der Waals surface area contributed by atoms with Gasteiger partial charge in [-0.1, -0.05) is 20.8 Å². The average molecular weight is 265 g/mol. The van der Waals surface area contributed by atoms with E-state index in [-0.39, 0.29) is 5.41 Å². The first kappa shape index (κ1) is 9.03. The second kappa shape index (κ2) is 2.77. The van der Waals surface area contributed by atoms with Crippen molar-refractivity contribution in [3.63, 3.8) is 0 Å². The minimum absolute atomic E-state index is 0.0916. The summed E-state index contributed by atoms with van der Waals surface area (Å²) < 4.78 is 6.23. The molecule has 0 bridgehead atoms. The number of oxazole rings is 1. The molecule has 0 aliphatic carbocycles. The van der Waals surface area contributed by atoms with Crippen molar-refractivity contribution in [2.24, 2.45) is 0 Å². The number of halogens is 1. The summed E-state index contributed by atoms with van der Waals surface area (Å²) in [5, 5.41) is 0. The van der Waals surface area contributed by atoms with Crippen LogP contribution < -0.4 is 0 Å². The van der Waals surface area contributed by atoms with Gasteiger partial charge < -0.3 is 4.42 Å². The van der Waals surface area contributed by atoms with Gasteiger partial charge in [0, 0.05) is 34.9 Å². The second-order valence-electron chi connectivity index (χ2n) is 3.61. The van der Waals surface area contributed by atoms with Gasteiger partial charge >= 0.3 is 0 Å². The van der Waals surface area contributed by atoms with Crippen molar-refractivity contribution in [2.45, 2.75) is 33.1 Å². The molecule has 3 heteroatoms. The number of rotatable bonds is 0. The second-order valence-corrected chi connectivity index (χ2v) is 4.58. The maximum atomic E-state index is 5.32. The molecular weight excluding hydrogens is 253 g/mol. The van der Waals surface area contributed by atoms with E-state index in [1.807, 2.05) is 6.92 Å². The minimum atomic E-state index is 0.0916. The fourth-order valence-electron chi connectivity index (χ4n) is 0.865. The SMILES string of the molecule is Cc1nc(C(C)(C)C)c(I)o1. The van der Waals surface area contributed by atoms with Gasteiger partial charge in [-0.25, -0.2) is 4.98 Å². The lowest BCUT2D eigenvalue weighted by Gasteiger charge is -2.14. The monoisotopic (exact) mass is 265 g/mol. The van der Waals surface area contributed by atoms with Crippen LogP contribution in [-0.2, 0) is 5.41 Å². The van der Waals surface area contributed by atoms with Crippen molar-refractivity contribution >= 4 is 22.6 Å². The molecule has 2 nitrogen and oxygen atoms in total. The van der Waals surface area contributed by atoms with Crippen LogP contribution in [0.1, 0.15) is 32.4 Å². The molecule has 0 N–H and O–H groups in total. The van der Waals surface area contributed by atoms with E-state index in [0.717, 1.165) is 15.4 Å². The van der Waals surface area contributed by atoms with Crippen LogP contribution in [0.15, 0.2) is 4.42 Å². The van der Waals surface area contributed by atoms with Crippen LogP contribution in [0.5, 0.6) is 0 Å². The van der Waals surface area contributed by atoms with Gasteiger partial charge in [-0.3, -0.25) is 0 Å². The van der Waals surface area contributed by atoms with Gasteiger partial charge in [0.2, 0.25) is 0 Å². The molecule has 0 unspecified atom stereocenters. The quantitative estimate of drug-likeness (QED) is 0.674. The molecule has 0 saturated heterocycles. The predicted molar refractivity (Wildman–Crippen MR) is 52.7 cm³/mol. The fourth-order valence-corrected chi connectivity index (χ4v) is 2.11. The van der Waals surface area contributed by atoms with E-state index in [2.05, 4.69) is 48.3 Å². The summed E-state index contributed by atoms with van der Waals surface area (Å²) in [5.41, 5.74) is 1.14. The Morgan fingerprint density at radius 1 is 1.36 bits per heavy atom. The van der Waals surface area contributed by atoms with Crippen molar-refractivity contribution in [3.05, 3.63) is 15.4 Å². The Bertz CT molecular complexity index is 260. The molecule has 62 valence electrons. The van der Waals surface area contributed by atoms with Crippen molar-refractivity contribution in [3.8, 4) is 0 Å². The standard InChI is InChI=1S/C8H12INO/c1-5-10-6(7(9)11-5)8(2,3)4/h1-4H3. The zero-order chi connectivity index (χ0) is 8.65. The van der Waals surface area contributed by atoms with Crippen LogP contribution in [0.25, 0.3) is 0 Å². The molecule has 0 aliphatic rings. The lowest BCUT2D eigenvalue weighted by molar-refractivity contribution is 0.486. The molecule has 1 aromatic heterocycles. The van der Waals surface area contributed by atoms with E-state index < -0.39 is 0 Å². The first-order valence-corrected chi connectivity index (χ1v) is 4.62. The molecule has 0 aromatic carbocycles. The zero-order valence-corrected chi connectivity index (χ0v) is 9.39. The molecule has 1 rings (SSSR count). The van der Waals surface area contributed by atoms with Gasteiger partial charge in [0.15, 0.2) is 9.66 Å². The van der Waals surface area contributed by atoms with Crippen molar-refractivity contribution in [1.82, 2.24) is 4.98 Å². The van der Waals surface area contributed by atoms with Crippen molar-refractivity contribution in [2.75, 3.05) is 0 Å². The Hall–Kier alpha value is -0.0600. The summed E-state index contributed by atoms with van der Waals surface area (Å²) >= 11 is 2.18. The Morgan fingerprint density at radius 2 is 1.91 bits per heavy atom.